The summed E-state index contributed by atoms with van der Waals surface area (Å²) in [4.78, 5) is 24.5. The summed E-state index contributed by atoms with van der Waals surface area (Å²) in [5, 5.41) is 18.9. The Kier molecular flexibility index (Phi) is 10.7. The topological polar surface area (TPSA) is 77.8 Å². The van der Waals surface area contributed by atoms with Crippen molar-refractivity contribution in [3.63, 3.8) is 0 Å². The van der Waals surface area contributed by atoms with Crippen molar-refractivity contribution in [3.05, 3.63) is 12.2 Å². The Hall–Kier alpha value is -1.80. The Morgan fingerprint density at radius 2 is 2.04 bits per heavy atom. The molecule has 26 heavy (non-hydrogen) atoms. The van der Waals surface area contributed by atoms with E-state index in [4.69, 9.17) is 5.11 Å². The van der Waals surface area contributed by atoms with Crippen LogP contribution in [-0.4, -0.2) is 45.7 Å². The molecule has 3 atom stereocenters. The molecule has 0 spiro atoms. The van der Waals surface area contributed by atoms with E-state index in [0.717, 1.165) is 32.1 Å². The van der Waals surface area contributed by atoms with Gasteiger partial charge < -0.3 is 15.1 Å². The van der Waals surface area contributed by atoms with E-state index in [1.807, 2.05) is 24.8 Å². The number of hydrogen-bond donors (Lipinski definition) is 2. The van der Waals surface area contributed by atoms with E-state index in [1.54, 1.807) is 6.08 Å². The average Bonchev–Trinajstić information content (AvgIpc) is 2.95. The van der Waals surface area contributed by atoms with E-state index in [-0.39, 0.29) is 24.3 Å². The molecular weight excluding hydrogens is 330 g/mol. The number of carbonyl (C=O) groups is 2. The Labute approximate surface area is 157 Å². The number of unbranched alkanes of at least 4 members (excludes halogenated alkanes) is 3. The van der Waals surface area contributed by atoms with Gasteiger partial charge in [-0.25, -0.2) is 0 Å². The third-order valence-electron chi connectivity index (χ3n) is 4.75. The number of aliphatic carboxylic acids is 1. The van der Waals surface area contributed by atoms with E-state index in [1.165, 1.54) is 0 Å². The number of carboxylic acid groups (broad SMARTS) is 1. The van der Waals surface area contributed by atoms with Crippen LogP contribution in [-0.2, 0) is 9.59 Å². The SMILES string of the molecule is CCC#CC[C@@H](C)[C@@H](O)C=C[C@H]1CCC(=O)N1CCCCCCC(=O)O. The Morgan fingerprint density at radius 1 is 1.31 bits per heavy atom. The third-order valence-corrected chi connectivity index (χ3v) is 4.75. The summed E-state index contributed by atoms with van der Waals surface area (Å²) in [5.41, 5.74) is 0. The monoisotopic (exact) mass is 363 g/mol. The van der Waals surface area contributed by atoms with Crippen LogP contribution < -0.4 is 0 Å². The maximum atomic E-state index is 12.1. The lowest BCUT2D eigenvalue weighted by Gasteiger charge is -2.23. The maximum absolute atomic E-state index is 12.1. The van der Waals surface area contributed by atoms with Crippen LogP contribution in [0.4, 0.5) is 0 Å². The van der Waals surface area contributed by atoms with Gasteiger partial charge in [-0.05, 0) is 25.2 Å². The lowest BCUT2D eigenvalue weighted by atomic mass is 10.00. The van der Waals surface area contributed by atoms with Gasteiger partial charge >= 0.3 is 5.97 Å². The molecule has 1 fully saturated rings. The average molecular weight is 363 g/mol. The second kappa shape index (κ2) is 12.5. The van der Waals surface area contributed by atoms with Gasteiger partial charge in [0.2, 0.25) is 5.91 Å². The lowest BCUT2D eigenvalue weighted by Crippen LogP contribution is -2.33. The molecule has 2 N–H and O–H groups in total. The molecule has 146 valence electrons. The van der Waals surface area contributed by atoms with E-state index < -0.39 is 12.1 Å². The molecule has 1 saturated heterocycles. The zero-order valence-electron chi connectivity index (χ0n) is 16.1. The van der Waals surface area contributed by atoms with Crippen molar-refractivity contribution in [2.24, 2.45) is 5.92 Å². The summed E-state index contributed by atoms with van der Waals surface area (Å²) in [6.45, 7) is 4.69. The van der Waals surface area contributed by atoms with Crippen LogP contribution in [0, 0.1) is 17.8 Å². The van der Waals surface area contributed by atoms with E-state index in [9.17, 15) is 14.7 Å². The van der Waals surface area contributed by atoms with Gasteiger partial charge in [-0.15, -0.1) is 11.8 Å². The minimum absolute atomic E-state index is 0.0603. The van der Waals surface area contributed by atoms with Gasteiger partial charge in [-0.2, -0.15) is 0 Å². The van der Waals surface area contributed by atoms with Crippen LogP contribution in [0.25, 0.3) is 0 Å². The fourth-order valence-corrected chi connectivity index (χ4v) is 3.07. The van der Waals surface area contributed by atoms with Crippen molar-refractivity contribution in [3.8, 4) is 11.8 Å². The smallest absolute Gasteiger partial charge is 0.303 e. The van der Waals surface area contributed by atoms with Gasteiger partial charge in [0.05, 0.1) is 12.1 Å². The minimum atomic E-state index is -0.751. The minimum Gasteiger partial charge on any atom is -0.481 e. The Bertz CT molecular complexity index is 532. The normalized spacial score (nSPS) is 19.4. The second-order valence-corrected chi connectivity index (χ2v) is 7.02. The first-order chi connectivity index (χ1) is 12.5. The van der Waals surface area contributed by atoms with Crippen molar-refractivity contribution < 1.29 is 19.8 Å². The highest BCUT2D eigenvalue weighted by atomic mass is 16.4. The van der Waals surface area contributed by atoms with Crippen LogP contribution in [0.5, 0.6) is 0 Å². The number of aliphatic hydroxyl groups is 1. The van der Waals surface area contributed by atoms with Crippen LogP contribution in [0.2, 0.25) is 0 Å². The first kappa shape index (κ1) is 22.2. The van der Waals surface area contributed by atoms with Crippen LogP contribution in [0.1, 0.15) is 71.6 Å². The number of carboxylic acids is 1. The number of hydrogen-bond acceptors (Lipinski definition) is 3. The number of nitrogens with zero attached hydrogens (tertiary/aromatic N) is 1. The zero-order valence-corrected chi connectivity index (χ0v) is 16.1. The molecule has 0 bridgehead atoms. The Morgan fingerprint density at radius 3 is 2.73 bits per heavy atom. The quantitative estimate of drug-likeness (QED) is 0.335. The van der Waals surface area contributed by atoms with Gasteiger partial charge in [0.15, 0.2) is 0 Å². The van der Waals surface area contributed by atoms with Crippen molar-refractivity contribution in [1.82, 2.24) is 4.90 Å². The summed E-state index contributed by atoms with van der Waals surface area (Å²) in [7, 11) is 0. The predicted molar refractivity (Wildman–Crippen MR) is 102 cm³/mol. The van der Waals surface area contributed by atoms with Crippen molar-refractivity contribution in [1.29, 1.82) is 0 Å². The molecule has 5 nitrogen and oxygen atoms in total. The highest BCUT2D eigenvalue weighted by Crippen LogP contribution is 2.21. The maximum Gasteiger partial charge on any atom is 0.303 e. The molecule has 0 saturated carbocycles. The fourth-order valence-electron chi connectivity index (χ4n) is 3.07. The number of amides is 1. The predicted octanol–water partition coefficient (Wildman–Crippen LogP) is 3.37. The molecule has 1 aliphatic rings. The second-order valence-electron chi connectivity index (χ2n) is 7.02. The molecule has 0 aromatic heterocycles. The number of aliphatic hydroxyl groups excluding tert-OH is 1. The third kappa shape index (κ3) is 8.53. The molecule has 5 heteroatoms. The van der Waals surface area contributed by atoms with Crippen molar-refractivity contribution >= 4 is 11.9 Å². The van der Waals surface area contributed by atoms with E-state index in [2.05, 4.69) is 11.8 Å². The molecule has 1 aliphatic heterocycles. The number of rotatable bonds is 11. The van der Waals surface area contributed by atoms with E-state index in [0.29, 0.717) is 25.8 Å². The lowest BCUT2D eigenvalue weighted by molar-refractivity contribution is -0.137. The van der Waals surface area contributed by atoms with Crippen LogP contribution in [0.15, 0.2) is 12.2 Å². The first-order valence-electron chi connectivity index (χ1n) is 9.79. The largest absolute Gasteiger partial charge is 0.481 e. The van der Waals surface area contributed by atoms with Gasteiger partial charge in [0.1, 0.15) is 0 Å². The van der Waals surface area contributed by atoms with Gasteiger partial charge in [-0.1, -0.05) is 38.8 Å². The number of likely N-dealkylation sites (tertiary alicyclic amines) is 1. The molecule has 1 amide bonds. The van der Waals surface area contributed by atoms with Crippen LogP contribution in [0.3, 0.4) is 0 Å². The molecule has 0 unspecified atom stereocenters. The summed E-state index contributed by atoms with van der Waals surface area (Å²) in [6, 6.07) is 0.0603. The first-order valence-corrected chi connectivity index (χ1v) is 9.79. The zero-order chi connectivity index (χ0) is 19.4. The number of carbonyl (C=O) groups excluding carboxylic acids is 1. The van der Waals surface area contributed by atoms with Crippen molar-refractivity contribution in [2.45, 2.75) is 83.8 Å². The van der Waals surface area contributed by atoms with Crippen LogP contribution >= 0.6 is 0 Å². The summed E-state index contributed by atoms with van der Waals surface area (Å²) >= 11 is 0. The van der Waals surface area contributed by atoms with Gasteiger partial charge in [-0.3, -0.25) is 9.59 Å². The molecule has 0 aliphatic carbocycles. The van der Waals surface area contributed by atoms with Gasteiger partial charge in [0.25, 0.3) is 0 Å². The summed E-state index contributed by atoms with van der Waals surface area (Å²) in [5.74, 6) is 5.57. The highest BCUT2D eigenvalue weighted by molar-refractivity contribution is 5.79. The summed E-state index contributed by atoms with van der Waals surface area (Å²) < 4.78 is 0. The molecule has 0 aromatic rings. The molecule has 1 rings (SSSR count). The fraction of sp³-hybridized carbons (Fsp3) is 0.714. The standard InChI is InChI=1S/C21H33NO4/c1-3-4-7-10-17(2)19(23)14-12-18-13-15-20(24)22(18)16-9-6-5-8-11-21(25)26/h12,14,17-19,23H,3,5-6,8-11,13,15-16H2,1-2H3,(H,25,26)/t17-,18+,19+/m1/s1. The molecular formula is C21H33NO4. The van der Waals surface area contributed by atoms with Crippen molar-refractivity contribution in [2.75, 3.05) is 6.54 Å². The molecule has 0 aromatic carbocycles. The summed E-state index contributed by atoms with van der Waals surface area (Å²) in [6.07, 6.45) is 9.68. The van der Waals surface area contributed by atoms with E-state index >= 15 is 0 Å². The van der Waals surface area contributed by atoms with Gasteiger partial charge in [0, 0.05) is 32.2 Å². The Balaban J connectivity index is 2.39. The highest BCUT2D eigenvalue weighted by Gasteiger charge is 2.28. The molecule has 0 radical (unpaired) electrons. The molecule has 1 heterocycles.